The van der Waals surface area contributed by atoms with Crippen LogP contribution in [-0.4, -0.2) is 54.5 Å². The first-order valence-corrected chi connectivity index (χ1v) is 8.27. The van der Waals surface area contributed by atoms with Crippen molar-refractivity contribution < 1.29 is 14.3 Å². The Kier molecular flexibility index (Phi) is 11.4. The van der Waals surface area contributed by atoms with Gasteiger partial charge in [0.15, 0.2) is 0 Å². The molecule has 0 aliphatic carbocycles. The predicted octanol–water partition coefficient (Wildman–Crippen LogP) is 1.77. The van der Waals surface area contributed by atoms with Crippen LogP contribution in [0.1, 0.15) is 24.8 Å². The second-order valence-electron chi connectivity index (χ2n) is 6.16. The van der Waals surface area contributed by atoms with Crippen molar-refractivity contribution in [1.82, 2.24) is 9.88 Å². The number of ether oxygens (including phenoxy) is 1. The normalized spacial score (nSPS) is 15.4. The molecule has 0 radical (unpaired) electrons. The minimum Gasteiger partial charge on any atom is -0.380 e. The lowest BCUT2D eigenvalue weighted by molar-refractivity contribution is -0.136. The lowest BCUT2D eigenvalue weighted by Gasteiger charge is -2.32. The van der Waals surface area contributed by atoms with Gasteiger partial charge >= 0.3 is 0 Å². The molecule has 7 nitrogen and oxygen atoms in total. The minimum atomic E-state index is -0.244. The van der Waals surface area contributed by atoms with Gasteiger partial charge in [-0.2, -0.15) is 0 Å². The quantitative estimate of drug-likeness (QED) is 0.749. The number of hydrogen-bond donors (Lipinski definition) is 2. The lowest BCUT2D eigenvalue weighted by atomic mass is 9.95. The first-order valence-electron chi connectivity index (χ1n) is 8.27. The lowest BCUT2D eigenvalue weighted by Crippen LogP contribution is -2.43. The van der Waals surface area contributed by atoms with E-state index in [1.54, 1.807) is 24.3 Å². The van der Waals surface area contributed by atoms with Crippen molar-refractivity contribution >= 4 is 42.4 Å². The van der Waals surface area contributed by atoms with Crippen LogP contribution in [0.3, 0.4) is 0 Å². The molecule has 3 N–H and O–H groups in total. The maximum Gasteiger partial charge on any atom is 0.228 e. The Morgan fingerprint density at radius 3 is 2.50 bits per heavy atom. The Morgan fingerprint density at radius 1 is 1.35 bits per heavy atom. The summed E-state index contributed by atoms with van der Waals surface area (Å²) in [4.78, 5) is 30.5. The van der Waals surface area contributed by atoms with E-state index in [9.17, 15) is 9.59 Å². The van der Waals surface area contributed by atoms with Gasteiger partial charge < -0.3 is 20.7 Å². The molecule has 1 atom stereocenters. The number of nitrogens with two attached hydrogens (primary N) is 1. The van der Waals surface area contributed by atoms with Crippen LogP contribution in [-0.2, 0) is 14.3 Å². The monoisotopic (exact) mass is 406 g/mol. The highest BCUT2D eigenvalue weighted by Gasteiger charge is 2.28. The van der Waals surface area contributed by atoms with Crippen molar-refractivity contribution in [2.45, 2.75) is 32.3 Å². The second-order valence-corrected chi connectivity index (χ2v) is 6.16. The minimum absolute atomic E-state index is 0. The molecule has 1 aromatic rings. The SMILES string of the molecule is COC(CN)CC(=O)N1CCC(C(=O)Nc2ccc(C)cn2)CC1.Cl.Cl. The number of likely N-dealkylation sites (tertiary alicyclic amines) is 1. The highest BCUT2D eigenvalue weighted by Crippen LogP contribution is 2.20. The summed E-state index contributed by atoms with van der Waals surface area (Å²) in [6.45, 7) is 3.44. The van der Waals surface area contributed by atoms with Crippen molar-refractivity contribution in [2.75, 3.05) is 32.1 Å². The number of rotatable bonds is 6. The van der Waals surface area contributed by atoms with Crippen molar-refractivity contribution in [2.24, 2.45) is 11.7 Å². The first kappa shape index (κ1) is 24.6. The number of hydrogen-bond acceptors (Lipinski definition) is 5. The number of pyridine rings is 1. The Morgan fingerprint density at radius 2 is 2.00 bits per heavy atom. The molecular weight excluding hydrogens is 379 g/mol. The Hall–Kier alpha value is -1.41. The maximum atomic E-state index is 12.3. The number of methoxy groups -OCH3 is 1. The molecule has 1 aromatic heterocycles. The smallest absolute Gasteiger partial charge is 0.228 e. The van der Waals surface area contributed by atoms with E-state index in [2.05, 4.69) is 10.3 Å². The summed E-state index contributed by atoms with van der Waals surface area (Å²) in [5, 5.41) is 2.84. The number of nitrogens with one attached hydrogen (secondary N) is 1. The summed E-state index contributed by atoms with van der Waals surface area (Å²) in [5.41, 5.74) is 6.60. The summed E-state index contributed by atoms with van der Waals surface area (Å²) in [6.07, 6.45) is 3.08. The van der Waals surface area contributed by atoms with Crippen LogP contribution in [0.4, 0.5) is 5.82 Å². The fraction of sp³-hybridized carbons (Fsp3) is 0.588. The third-order valence-corrected chi connectivity index (χ3v) is 4.38. The van der Waals surface area contributed by atoms with Crippen LogP contribution >= 0.6 is 24.8 Å². The predicted molar refractivity (Wildman–Crippen MR) is 106 cm³/mol. The van der Waals surface area contributed by atoms with Crippen molar-refractivity contribution in [1.29, 1.82) is 0 Å². The molecule has 1 aliphatic heterocycles. The van der Waals surface area contributed by atoms with Gasteiger partial charge in [0.25, 0.3) is 0 Å². The van der Waals surface area contributed by atoms with Gasteiger partial charge in [0.05, 0.1) is 12.5 Å². The number of halogens is 2. The summed E-state index contributed by atoms with van der Waals surface area (Å²) in [6, 6.07) is 3.71. The van der Waals surface area contributed by atoms with Gasteiger partial charge in [0, 0.05) is 38.9 Å². The first-order chi connectivity index (χ1) is 11.5. The van der Waals surface area contributed by atoms with Crippen LogP contribution < -0.4 is 11.1 Å². The van der Waals surface area contributed by atoms with Crippen molar-refractivity contribution in [3.8, 4) is 0 Å². The number of amides is 2. The van der Waals surface area contributed by atoms with Gasteiger partial charge in [-0.1, -0.05) is 6.07 Å². The standard InChI is InChI=1S/C17H26N4O3.2ClH/c1-12-3-4-15(19-11-12)20-17(23)13-5-7-21(8-6-13)16(22)9-14(10-18)24-2;;/h3-4,11,13-14H,5-10,18H2,1-2H3,(H,19,20,23);2*1H. The molecule has 1 fully saturated rings. The van der Waals surface area contributed by atoms with Crippen LogP contribution in [0, 0.1) is 12.8 Å². The van der Waals surface area contributed by atoms with E-state index in [1.165, 1.54) is 0 Å². The number of aryl methyl sites for hydroxylation is 1. The Balaban J connectivity index is 0.00000312. The molecule has 2 heterocycles. The van der Waals surface area contributed by atoms with E-state index >= 15 is 0 Å². The molecule has 1 aliphatic rings. The number of carbonyl (C=O) groups excluding carboxylic acids is 2. The van der Waals surface area contributed by atoms with Crippen LogP contribution in [0.15, 0.2) is 18.3 Å². The molecule has 0 bridgehead atoms. The zero-order valence-corrected chi connectivity index (χ0v) is 16.8. The molecule has 148 valence electrons. The van der Waals surface area contributed by atoms with Crippen LogP contribution in [0.5, 0.6) is 0 Å². The zero-order valence-electron chi connectivity index (χ0n) is 15.1. The number of aromatic nitrogens is 1. The van der Waals surface area contributed by atoms with E-state index in [0.29, 0.717) is 38.3 Å². The molecule has 1 unspecified atom stereocenters. The van der Waals surface area contributed by atoms with Crippen molar-refractivity contribution in [3.63, 3.8) is 0 Å². The van der Waals surface area contributed by atoms with E-state index < -0.39 is 0 Å². The fourth-order valence-electron chi connectivity index (χ4n) is 2.75. The Labute approximate surface area is 166 Å². The molecule has 9 heteroatoms. The van der Waals surface area contributed by atoms with E-state index in [1.807, 2.05) is 13.0 Å². The topological polar surface area (TPSA) is 97.5 Å². The Bertz CT molecular complexity index is 560. The average molecular weight is 407 g/mol. The van der Waals surface area contributed by atoms with Gasteiger partial charge in [-0.25, -0.2) is 4.98 Å². The highest BCUT2D eigenvalue weighted by atomic mass is 35.5. The molecule has 1 saturated heterocycles. The maximum absolute atomic E-state index is 12.3. The number of carbonyl (C=O) groups is 2. The average Bonchev–Trinajstić information content (AvgIpc) is 2.61. The molecule has 0 aromatic carbocycles. The molecule has 0 spiro atoms. The van der Waals surface area contributed by atoms with E-state index in [0.717, 1.165) is 5.56 Å². The highest BCUT2D eigenvalue weighted by molar-refractivity contribution is 5.91. The number of nitrogens with zero attached hydrogens (tertiary/aromatic N) is 2. The summed E-state index contributed by atoms with van der Waals surface area (Å²) in [7, 11) is 1.56. The van der Waals surface area contributed by atoms with Gasteiger partial charge in [-0.15, -0.1) is 24.8 Å². The molecule has 26 heavy (non-hydrogen) atoms. The molecule has 2 amide bonds. The van der Waals surface area contributed by atoms with Gasteiger partial charge in [-0.3, -0.25) is 9.59 Å². The van der Waals surface area contributed by atoms with Gasteiger partial charge in [-0.05, 0) is 31.4 Å². The van der Waals surface area contributed by atoms with Crippen LogP contribution in [0.25, 0.3) is 0 Å². The molecular formula is C17H28Cl2N4O3. The second kappa shape index (κ2) is 12.1. The summed E-state index contributed by atoms with van der Waals surface area (Å²) < 4.78 is 5.15. The van der Waals surface area contributed by atoms with Crippen LogP contribution in [0.2, 0.25) is 0 Å². The number of piperidine rings is 1. The third-order valence-electron chi connectivity index (χ3n) is 4.38. The molecule has 2 rings (SSSR count). The molecule has 0 saturated carbocycles. The van der Waals surface area contributed by atoms with Gasteiger partial charge in [0.1, 0.15) is 5.82 Å². The zero-order chi connectivity index (χ0) is 17.5. The fourth-order valence-corrected chi connectivity index (χ4v) is 2.75. The van der Waals surface area contributed by atoms with E-state index in [4.69, 9.17) is 10.5 Å². The largest absolute Gasteiger partial charge is 0.380 e. The summed E-state index contributed by atoms with van der Waals surface area (Å²) >= 11 is 0. The third kappa shape index (κ3) is 7.07. The number of anilines is 1. The van der Waals surface area contributed by atoms with Gasteiger partial charge in [0.2, 0.25) is 11.8 Å². The van der Waals surface area contributed by atoms with Crippen molar-refractivity contribution in [3.05, 3.63) is 23.9 Å². The van der Waals surface area contributed by atoms with E-state index in [-0.39, 0.29) is 55.1 Å². The summed E-state index contributed by atoms with van der Waals surface area (Å²) in [5.74, 6) is 0.474.